The molecule has 0 saturated heterocycles. The van der Waals surface area contributed by atoms with Crippen LogP contribution in [0.3, 0.4) is 0 Å². The highest BCUT2D eigenvalue weighted by atomic mass is 35.5. The summed E-state index contributed by atoms with van der Waals surface area (Å²) in [4.78, 5) is 8.87. The minimum atomic E-state index is 0.316. The standard InChI is InChI=1S/C12H19ClN2S/c1-7(2)6-16-12-9(5)10(13)14-11(15-12)8(3)4/h7-8H,6H2,1-5H3. The second-order valence-electron chi connectivity index (χ2n) is 4.66. The Labute approximate surface area is 107 Å². The second-order valence-corrected chi connectivity index (χ2v) is 6.03. The summed E-state index contributed by atoms with van der Waals surface area (Å²) in [7, 11) is 0. The molecular weight excluding hydrogens is 240 g/mol. The lowest BCUT2D eigenvalue weighted by atomic mass is 10.2. The molecule has 1 rings (SSSR count). The van der Waals surface area contributed by atoms with Gasteiger partial charge in [-0.3, -0.25) is 0 Å². The van der Waals surface area contributed by atoms with Crippen molar-refractivity contribution in [3.63, 3.8) is 0 Å². The first kappa shape index (κ1) is 13.8. The minimum Gasteiger partial charge on any atom is -0.226 e. The van der Waals surface area contributed by atoms with Gasteiger partial charge in [0.2, 0.25) is 0 Å². The highest BCUT2D eigenvalue weighted by Gasteiger charge is 2.12. The first-order chi connectivity index (χ1) is 7.41. The average molecular weight is 259 g/mol. The van der Waals surface area contributed by atoms with Crippen molar-refractivity contribution < 1.29 is 0 Å². The van der Waals surface area contributed by atoms with E-state index in [1.807, 2.05) is 6.92 Å². The van der Waals surface area contributed by atoms with Crippen molar-refractivity contribution in [3.8, 4) is 0 Å². The fourth-order valence-corrected chi connectivity index (χ4v) is 2.32. The van der Waals surface area contributed by atoms with Gasteiger partial charge in [0.05, 0.1) is 0 Å². The van der Waals surface area contributed by atoms with Gasteiger partial charge in [0.1, 0.15) is 16.0 Å². The maximum Gasteiger partial charge on any atom is 0.136 e. The molecule has 1 aromatic heterocycles. The van der Waals surface area contributed by atoms with E-state index >= 15 is 0 Å². The van der Waals surface area contributed by atoms with E-state index in [1.165, 1.54) is 0 Å². The molecule has 0 fully saturated rings. The first-order valence-electron chi connectivity index (χ1n) is 5.58. The number of thioether (sulfide) groups is 1. The van der Waals surface area contributed by atoms with Crippen molar-refractivity contribution in [1.82, 2.24) is 9.97 Å². The molecule has 16 heavy (non-hydrogen) atoms. The summed E-state index contributed by atoms with van der Waals surface area (Å²) in [5.41, 5.74) is 0.997. The Hall–Kier alpha value is -0.280. The zero-order chi connectivity index (χ0) is 12.3. The van der Waals surface area contributed by atoms with Gasteiger partial charge in [0, 0.05) is 17.2 Å². The Bertz CT molecular complexity index is 364. The van der Waals surface area contributed by atoms with E-state index < -0.39 is 0 Å². The molecule has 90 valence electrons. The smallest absolute Gasteiger partial charge is 0.136 e. The molecule has 0 amide bonds. The van der Waals surface area contributed by atoms with Gasteiger partial charge in [0.25, 0.3) is 0 Å². The number of nitrogens with zero attached hydrogens (tertiary/aromatic N) is 2. The monoisotopic (exact) mass is 258 g/mol. The maximum atomic E-state index is 6.11. The van der Waals surface area contributed by atoms with Crippen molar-refractivity contribution in [2.45, 2.75) is 45.6 Å². The van der Waals surface area contributed by atoms with Crippen LogP contribution in [0, 0.1) is 12.8 Å². The molecule has 0 atom stereocenters. The molecule has 0 aliphatic rings. The lowest BCUT2D eigenvalue weighted by Gasteiger charge is -2.11. The molecule has 0 spiro atoms. The molecule has 0 radical (unpaired) electrons. The van der Waals surface area contributed by atoms with Crippen LogP contribution in [0.5, 0.6) is 0 Å². The van der Waals surface area contributed by atoms with Crippen LogP contribution < -0.4 is 0 Å². The van der Waals surface area contributed by atoms with Gasteiger partial charge < -0.3 is 0 Å². The van der Waals surface area contributed by atoms with E-state index in [1.54, 1.807) is 11.8 Å². The van der Waals surface area contributed by atoms with Crippen LogP contribution in [0.1, 0.15) is 45.0 Å². The summed E-state index contributed by atoms with van der Waals surface area (Å²) in [5, 5.41) is 1.61. The molecule has 1 heterocycles. The van der Waals surface area contributed by atoms with Crippen molar-refractivity contribution in [2.24, 2.45) is 5.92 Å². The molecule has 0 aromatic carbocycles. The Morgan fingerprint density at radius 3 is 2.31 bits per heavy atom. The predicted molar refractivity (Wildman–Crippen MR) is 71.4 cm³/mol. The van der Waals surface area contributed by atoms with E-state index in [0.717, 1.165) is 22.2 Å². The summed E-state index contributed by atoms with van der Waals surface area (Å²) >= 11 is 7.88. The van der Waals surface area contributed by atoms with Gasteiger partial charge in [-0.2, -0.15) is 0 Å². The Balaban J connectivity index is 2.97. The minimum absolute atomic E-state index is 0.316. The summed E-state index contributed by atoms with van der Waals surface area (Å²) in [5.74, 6) is 2.87. The third-order valence-electron chi connectivity index (χ3n) is 2.13. The van der Waals surface area contributed by atoms with Gasteiger partial charge in [0.15, 0.2) is 0 Å². The summed E-state index contributed by atoms with van der Waals surface area (Å²) in [6, 6.07) is 0. The molecular formula is C12H19ClN2S. The van der Waals surface area contributed by atoms with Crippen LogP contribution >= 0.6 is 23.4 Å². The van der Waals surface area contributed by atoms with Gasteiger partial charge >= 0.3 is 0 Å². The number of rotatable bonds is 4. The fourth-order valence-electron chi connectivity index (χ4n) is 1.13. The molecule has 1 aromatic rings. The van der Waals surface area contributed by atoms with Gasteiger partial charge in [-0.25, -0.2) is 9.97 Å². The lowest BCUT2D eigenvalue weighted by molar-refractivity contribution is 0.736. The molecule has 0 saturated carbocycles. The number of halogens is 1. The quantitative estimate of drug-likeness (QED) is 0.595. The van der Waals surface area contributed by atoms with Crippen molar-refractivity contribution in [3.05, 3.63) is 16.5 Å². The van der Waals surface area contributed by atoms with E-state index in [2.05, 4.69) is 37.7 Å². The Morgan fingerprint density at radius 2 is 1.81 bits per heavy atom. The Kier molecular flexibility index (Phi) is 5.06. The fraction of sp³-hybridized carbons (Fsp3) is 0.667. The number of aromatic nitrogens is 2. The molecule has 0 N–H and O–H groups in total. The van der Waals surface area contributed by atoms with Crippen molar-refractivity contribution >= 4 is 23.4 Å². The number of hydrogen-bond acceptors (Lipinski definition) is 3. The Morgan fingerprint density at radius 1 is 1.19 bits per heavy atom. The van der Waals surface area contributed by atoms with Crippen LogP contribution in [0.2, 0.25) is 5.15 Å². The maximum absolute atomic E-state index is 6.11. The topological polar surface area (TPSA) is 25.8 Å². The molecule has 4 heteroatoms. The summed E-state index contributed by atoms with van der Waals surface area (Å²) in [6.07, 6.45) is 0. The highest BCUT2D eigenvalue weighted by Crippen LogP contribution is 2.27. The SMILES string of the molecule is Cc1c(Cl)nc(C(C)C)nc1SCC(C)C. The normalized spacial score (nSPS) is 11.5. The molecule has 0 aliphatic carbocycles. The largest absolute Gasteiger partial charge is 0.226 e. The number of hydrogen-bond donors (Lipinski definition) is 0. The first-order valence-corrected chi connectivity index (χ1v) is 6.95. The molecule has 0 unspecified atom stereocenters. The van der Waals surface area contributed by atoms with Gasteiger partial charge in [-0.1, -0.05) is 39.3 Å². The van der Waals surface area contributed by atoms with E-state index in [-0.39, 0.29) is 0 Å². The van der Waals surface area contributed by atoms with Crippen LogP contribution in [-0.4, -0.2) is 15.7 Å². The average Bonchev–Trinajstić information content (AvgIpc) is 2.19. The molecule has 2 nitrogen and oxygen atoms in total. The zero-order valence-corrected chi connectivity index (χ0v) is 12.1. The third-order valence-corrected chi connectivity index (χ3v) is 4.00. The lowest BCUT2D eigenvalue weighted by Crippen LogP contribution is -2.03. The van der Waals surface area contributed by atoms with Crippen molar-refractivity contribution in [1.29, 1.82) is 0 Å². The zero-order valence-electron chi connectivity index (χ0n) is 10.5. The summed E-state index contributed by atoms with van der Waals surface area (Å²) < 4.78 is 0. The van der Waals surface area contributed by atoms with E-state index in [9.17, 15) is 0 Å². The molecule has 0 aliphatic heterocycles. The predicted octanol–water partition coefficient (Wildman–Crippen LogP) is 4.31. The van der Waals surface area contributed by atoms with Crippen LogP contribution in [-0.2, 0) is 0 Å². The second kappa shape index (κ2) is 5.87. The summed E-state index contributed by atoms with van der Waals surface area (Å²) in [6.45, 7) is 10.5. The van der Waals surface area contributed by atoms with Crippen LogP contribution in [0.15, 0.2) is 5.03 Å². The van der Waals surface area contributed by atoms with E-state index in [4.69, 9.17) is 11.6 Å². The van der Waals surface area contributed by atoms with Crippen molar-refractivity contribution in [2.75, 3.05) is 5.75 Å². The highest BCUT2D eigenvalue weighted by molar-refractivity contribution is 7.99. The molecule has 0 bridgehead atoms. The third kappa shape index (κ3) is 3.63. The van der Waals surface area contributed by atoms with Crippen LogP contribution in [0.25, 0.3) is 0 Å². The van der Waals surface area contributed by atoms with Gasteiger partial charge in [-0.05, 0) is 12.8 Å². The van der Waals surface area contributed by atoms with E-state index in [0.29, 0.717) is 17.0 Å². The van der Waals surface area contributed by atoms with Crippen LogP contribution in [0.4, 0.5) is 0 Å². The van der Waals surface area contributed by atoms with Gasteiger partial charge in [-0.15, -0.1) is 11.8 Å².